The number of methoxy groups -OCH3 is 1. The summed E-state index contributed by atoms with van der Waals surface area (Å²) in [4.78, 5) is 16.8. The Morgan fingerprint density at radius 2 is 2.03 bits per heavy atom. The summed E-state index contributed by atoms with van der Waals surface area (Å²) in [6.07, 6.45) is 1.62. The van der Waals surface area contributed by atoms with E-state index in [4.69, 9.17) is 9.15 Å². The second-order valence-corrected chi connectivity index (χ2v) is 6.97. The Bertz CT molecular complexity index is 1330. The van der Waals surface area contributed by atoms with E-state index in [0.29, 0.717) is 44.1 Å². The van der Waals surface area contributed by atoms with Gasteiger partial charge >= 0.3 is 5.63 Å². The summed E-state index contributed by atoms with van der Waals surface area (Å²) in [7, 11) is 1.56. The number of thiazole rings is 1. The van der Waals surface area contributed by atoms with Gasteiger partial charge in [-0.2, -0.15) is 5.26 Å². The lowest BCUT2D eigenvalue weighted by molar-refractivity contribution is 0.415. The first kappa shape index (κ1) is 18.6. The second kappa shape index (κ2) is 7.70. The van der Waals surface area contributed by atoms with E-state index in [1.165, 1.54) is 23.5 Å². The molecule has 0 atom stereocenters. The monoisotopic (exact) mass is 404 g/mol. The van der Waals surface area contributed by atoms with Gasteiger partial charge in [0.1, 0.15) is 28.2 Å². The predicted molar refractivity (Wildman–Crippen MR) is 110 cm³/mol. The van der Waals surface area contributed by atoms with Crippen LogP contribution in [0.2, 0.25) is 0 Å². The molecule has 29 heavy (non-hydrogen) atoms. The van der Waals surface area contributed by atoms with E-state index in [2.05, 4.69) is 11.1 Å². The van der Waals surface area contributed by atoms with Gasteiger partial charge in [0.25, 0.3) is 0 Å². The molecule has 0 aliphatic rings. The standard InChI is InChI=1S/C22H13FN2O3S/c1-27-17-6-7-20-14(9-17)10-18(22(26)28-20)19-12-29-21(25-19)15(11-24)8-13-2-4-16(23)5-3-13/h2-10,12H,1H3/b15-8+. The summed E-state index contributed by atoms with van der Waals surface area (Å²) in [5.74, 6) is 0.294. The number of halogens is 1. The minimum Gasteiger partial charge on any atom is -0.497 e. The van der Waals surface area contributed by atoms with Crippen LogP contribution in [0.15, 0.2) is 63.1 Å². The normalized spacial score (nSPS) is 11.4. The number of hydrogen-bond donors (Lipinski definition) is 0. The van der Waals surface area contributed by atoms with E-state index in [0.717, 1.165) is 0 Å². The van der Waals surface area contributed by atoms with Crippen molar-refractivity contribution in [2.45, 2.75) is 0 Å². The number of hydrogen-bond acceptors (Lipinski definition) is 6. The maximum Gasteiger partial charge on any atom is 0.345 e. The molecule has 2 aromatic carbocycles. The fraction of sp³-hybridized carbons (Fsp3) is 0.0455. The van der Waals surface area contributed by atoms with Gasteiger partial charge in [0.2, 0.25) is 0 Å². The molecule has 0 N–H and O–H groups in total. The van der Waals surface area contributed by atoms with Gasteiger partial charge in [-0.15, -0.1) is 11.3 Å². The Kier molecular flexibility index (Phi) is 4.94. The lowest BCUT2D eigenvalue weighted by Crippen LogP contribution is -2.03. The van der Waals surface area contributed by atoms with Gasteiger partial charge in [0.15, 0.2) is 0 Å². The van der Waals surface area contributed by atoms with Gasteiger partial charge in [-0.05, 0) is 48.0 Å². The van der Waals surface area contributed by atoms with Crippen LogP contribution in [0.4, 0.5) is 4.39 Å². The number of rotatable bonds is 4. The Hall–Kier alpha value is -3.76. The van der Waals surface area contributed by atoms with Crippen molar-refractivity contribution < 1.29 is 13.5 Å². The third kappa shape index (κ3) is 3.79. The highest BCUT2D eigenvalue weighted by molar-refractivity contribution is 7.11. The Balaban J connectivity index is 1.75. The summed E-state index contributed by atoms with van der Waals surface area (Å²) in [6, 6.07) is 14.7. The van der Waals surface area contributed by atoms with Crippen molar-refractivity contribution in [2.75, 3.05) is 7.11 Å². The third-order valence-electron chi connectivity index (χ3n) is 4.25. The first-order valence-electron chi connectivity index (χ1n) is 8.53. The van der Waals surface area contributed by atoms with E-state index < -0.39 is 5.63 Å². The molecule has 4 aromatic rings. The molecule has 0 bridgehead atoms. The molecule has 0 fully saturated rings. The molecule has 4 rings (SSSR count). The minimum absolute atomic E-state index is 0.298. The zero-order valence-corrected chi connectivity index (χ0v) is 16.0. The fourth-order valence-corrected chi connectivity index (χ4v) is 3.58. The van der Waals surface area contributed by atoms with Crippen molar-refractivity contribution in [2.24, 2.45) is 0 Å². The predicted octanol–water partition coefficient (Wildman–Crippen LogP) is 5.13. The van der Waals surface area contributed by atoms with Crippen LogP contribution in [0, 0.1) is 17.1 Å². The third-order valence-corrected chi connectivity index (χ3v) is 5.13. The number of allylic oxidation sites excluding steroid dienone is 1. The van der Waals surface area contributed by atoms with Crippen LogP contribution in [-0.2, 0) is 0 Å². The lowest BCUT2D eigenvalue weighted by atomic mass is 10.1. The van der Waals surface area contributed by atoms with Crippen molar-refractivity contribution in [3.8, 4) is 23.1 Å². The number of benzene rings is 2. The first-order valence-corrected chi connectivity index (χ1v) is 9.41. The van der Waals surface area contributed by atoms with Crippen LogP contribution >= 0.6 is 11.3 Å². The molecule has 0 aliphatic heterocycles. The summed E-state index contributed by atoms with van der Waals surface area (Å²) < 4.78 is 23.7. The number of nitrogens with zero attached hydrogens (tertiary/aromatic N) is 2. The summed E-state index contributed by atoms with van der Waals surface area (Å²) in [6.45, 7) is 0. The quantitative estimate of drug-likeness (QED) is 0.348. The maximum atomic E-state index is 13.1. The molecule has 0 spiro atoms. The van der Waals surface area contributed by atoms with E-state index in [1.807, 2.05) is 0 Å². The van der Waals surface area contributed by atoms with Crippen LogP contribution in [0.25, 0.3) is 33.9 Å². The number of nitriles is 1. The zero-order chi connectivity index (χ0) is 20.4. The number of ether oxygens (including phenoxy) is 1. The SMILES string of the molecule is COc1ccc2oc(=O)c(-c3csc(/C(C#N)=C/c4ccc(F)cc4)n3)cc2c1. The van der Waals surface area contributed by atoms with Gasteiger partial charge in [-0.25, -0.2) is 14.2 Å². The number of fused-ring (bicyclic) bond motifs is 1. The fourth-order valence-electron chi connectivity index (χ4n) is 2.80. The zero-order valence-electron chi connectivity index (χ0n) is 15.2. The molecular weight excluding hydrogens is 391 g/mol. The molecule has 0 unspecified atom stereocenters. The summed E-state index contributed by atoms with van der Waals surface area (Å²) in [5.41, 5.74) is 1.65. The molecule has 5 nitrogen and oxygen atoms in total. The maximum absolute atomic E-state index is 13.1. The van der Waals surface area contributed by atoms with Gasteiger partial charge in [-0.3, -0.25) is 0 Å². The van der Waals surface area contributed by atoms with Crippen LogP contribution in [0.3, 0.4) is 0 Å². The second-order valence-electron chi connectivity index (χ2n) is 6.11. The summed E-state index contributed by atoms with van der Waals surface area (Å²) >= 11 is 1.24. The van der Waals surface area contributed by atoms with Crippen molar-refractivity contribution in [1.82, 2.24) is 4.98 Å². The van der Waals surface area contributed by atoms with E-state index >= 15 is 0 Å². The van der Waals surface area contributed by atoms with Gasteiger partial charge in [0.05, 0.1) is 23.9 Å². The van der Waals surface area contributed by atoms with Gasteiger partial charge in [0, 0.05) is 10.8 Å². The molecule has 0 saturated heterocycles. The smallest absolute Gasteiger partial charge is 0.345 e. The Morgan fingerprint density at radius 1 is 1.24 bits per heavy atom. The largest absolute Gasteiger partial charge is 0.497 e. The Labute approximate surface area is 168 Å². The van der Waals surface area contributed by atoms with Crippen molar-refractivity contribution in [3.05, 3.63) is 80.7 Å². The van der Waals surface area contributed by atoms with Crippen LogP contribution in [0.5, 0.6) is 5.75 Å². The molecule has 0 amide bonds. The molecule has 0 aliphatic carbocycles. The number of aromatic nitrogens is 1. The average molecular weight is 404 g/mol. The molecule has 2 aromatic heterocycles. The van der Waals surface area contributed by atoms with Gasteiger partial charge in [-0.1, -0.05) is 12.1 Å². The van der Waals surface area contributed by atoms with Crippen molar-refractivity contribution in [3.63, 3.8) is 0 Å². The lowest BCUT2D eigenvalue weighted by Gasteiger charge is -2.03. The molecule has 2 heterocycles. The van der Waals surface area contributed by atoms with Crippen LogP contribution < -0.4 is 10.4 Å². The van der Waals surface area contributed by atoms with E-state index in [9.17, 15) is 14.4 Å². The molecule has 0 radical (unpaired) electrons. The average Bonchev–Trinajstić information content (AvgIpc) is 3.22. The van der Waals surface area contributed by atoms with E-state index in [1.54, 1.807) is 55.0 Å². The first-order chi connectivity index (χ1) is 14.1. The molecule has 142 valence electrons. The van der Waals surface area contributed by atoms with Crippen molar-refractivity contribution >= 4 is 34.0 Å². The van der Waals surface area contributed by atoms with Crippen LogP contribution in [-0.4, -0.2) is 12.1 Å². The molecular formula is C22H13FN2O3S. The summed E-state index contributed by atoms with van der Waals surface area (Å²) in [5, 5.41) is 12.4. The Morgan fingerprint density at radius 3 is 2.76 bits per heavy atom. The molecule has 0 saturated carbocycles. The minimum atomic E-state index is -0.513. The van der Waals surface area contributed by atoms with Crippen LogP contribution in [0.1, 0.15) is 10.6 Å². The van der Waals surface area contributed by atoms with Crippen molar-refractivity contribution in [1.29, 1.82) is 5.26 Å². The molecule has 7 heteroatoms. The van der Waals surface area contributed by atoms with E-state index in [-0.39, 0.29) is 5.82 Å². The topological polar surface area (TPSA) is 76.1 Å². The van der Waals surface area contributed by atoms with Gasteiger partial charge < -0.3 is 9.15 Å². The highest BCUT2D eigenvalue weighted by atomic mass is 32.1. The highest BCUT2D eigenvalue weighted by Gasteiger charge is 2.14. The highest BCUT2D eigenvalue weighted by Crippen LogP contribution is 2.28.